The van der Waals surface area contributed by atoms with E-state index in [1.54, 1.807) is 13.1 Å². The first-order chi connectivity index (χ1) is 7.22. The molecule has 0 spiro atoms. The van der Waals surface area contributed by atoms with Crippen LogP contribution < -0.4 is 0 Å². The molecule has 0 aliphatic heterocycles. The minimum Gasteiger partial charge on any atom is -0.377 e. The molecule has 0 amide bonds. The number of aryl methyl sites for hydroxylation is 1. The molecule has 0 aromatic carbocycles. The summed E-state index contributed by atoms with van der Waals surface area (Å²) in [5.74, 6) is 5.86. The third kappa shape index (κ3) is 3.08. The Bertz CT molecular complexity index is 413. The maximum absolute atomic E-state index is 10.2. The van der Waals surface area contributed by atoms with E-state index in [9.17, 15) is 5.11 Å². The summed E-state index contributed by atoms with van der Waals surface area (Å²) in [5.41, 5.74) is 0.527. The van der Waals surface area contributed by atoms with Crippen molar-refractivity contribution in [2.75, 3.05) is 0 Å². The van der Waals surface area contributed by atoms with Crippen molar-refractivity contribution in [2.45, 2.75) is 40.2 Å². The summed E-state index contributed by atoms with van der Waals surface area (Å²) in [6, 6.07) is 3.82. The van der Waals surface area contributed by atoms with Gasteiger partial charge >= 0.3 is 0 Å². The Morgan fingerprint density at radius 3 is 2.25 bits per heavy atom. The van der Waals surface area contributed by atoms with Crippen molar-refractivity contribution in [1.29, 1.82) is 0 Å². The van der Waals surface area contributed by atoms with Crippen LogP contribution in [0.1, 0.15) is 39.0 Å². The van der Waals surface area contributed by atoms with Crippen molar-refractivity contribution in [3.8, 4) is 11.8 Å². The molecule has 0 saturated carbocycles. The van der Waals surface area contributed by atoms with E-state index < -0.39 is 5.60 Å². The molecule has 2 nitrogen and oxygen atoms in total. The first-order valence-corrected chi connectivity index (χ1v) is 5.40. The minimum atomic E-state index is -1.00. The average Bonchev–Trinajstić information content (AvgIpc) is 2.15. The van der Waals surface area contributed by atoms with Crippen molar-refractivity contribution in [2.24, 2.45) is 5.41 Å². The molecule has 1 heterocycles. The van der Waals surface area contributed by atoms with E-state index in [1.807, 2.05) is 39.8 Å². The Balaban J connectivity index is 2.94. The standard InChI is InChI=1S/C14H19NO/c1-11-6-7-12(10-15-11)8-9-14(5,16)13(2,3)4/h6-7,10,16H,1-5H3/t14-/m1/s1. The molecular weight excluding hydrogens is 198 g/mol. The number of hydrogen-bond acceptors (Lipinski definition) is 2. The topological polar surface area (TPSA) is 33.1 Å². The molecule has 0 radical (unpaired) electrons. The van der Waals surface area contributed by atoms with Gasteiger partial charge in [0, 0.05) is 22.9 Å². The molecule has 1 rings (SSSR count). The molecule has 86 valence electrons. The van der Waals surface area contributed by atoms with E-state index in [1.165, 1.54) is 0 Å². The van der Waals surface area contributed by atoms with Gasteiger partial charge in [-0.05, 0) is 26.0 Å². The van der Waals surface area contributed by atoms with Crippen LogP contribution in [0.4, 0.5) is 0 Å². The fourth-order valence-electron chi connectivity index (χ4n) is 0.923. The first-order valence-electron chi connectivity index (χ1n) is 5.40. The molecule has 1 aromatic heterocycles. The molecule has 0 bridgehead atoms. The highest BCUT2D eigenvalue weighted by molar-refractivity contribution is 5.35. The van der Waals surface area contributed by atoms with Gasteiger partial charge in [0.2, 0.25) is 0 Å². The predicted molar refractivity (Wildman–Crippen MR) is 65.9 cm³/mol. The lowest BCUT2D eigenvalue weighted by atomic mass is 9.78. The smallest absolute Gasteiger partial charge is 0.127 e. The van der Waals surface area contributed by atoms with Crippen LogP contribution in [0.2, 0.25) is 0 Å². The van der Waals surface area contributed by atoms with Crippen LogP contribution in [0, 0.1) is 24.2 Å². The van der Waals surface area contributed by atoms with Crippen molar-refractivity contribution in [3.63, 3.8) is 0 Å². The van der Waals surface area contributed by atoms with Crippen molar-refractivity contribution in [1.82, 2.24) is 4.98 Å². The van der Waals surface area contributed by atoms with E-state index in [4.69, 9.17) is 0 Å². The number of hydrogen-bond donors (Lipinski definition) is 1. The van der Waals surface area contributed by atoms with E-state index in [0.717, 1.165) is 11.3 Å². The quantitative estimate of drug-likeness (QED) is 0.677. The second-order valence-electron chi connectivity index (χ2n) is 5.26. The molecule has 1 atom stereocenters. The largest absolute Gasteiger partial charge is 0.377 e. The highest BCUT2D eigenvalue weighted by Crippen LogP contribution is 2.29. The van der Waals surface area contributed by atoms with Gasteiger partial charge in [-0.1, -0.05) is 32.6 Å². The third-order valence-corrected chi connectivity index (χ3v) is 2.82. The summed E-state index contributed by atoms with van der Waals surface area (Å²) >= 11 is 0. The normalized spacial score (nSPS) is 14.9. The van der Waals surface area contributed by atoms with Crippen molar-refractivity contribution < 1.29 is 5.11 Å². The number of aromatic nitrogens is 1. The zero-order valence-corrected chi connectivity index (χ0v) is 10.6. The predicted octanol–water partition coefficient (Wildman–Crippen LogP) is 2.54. The fourth-order valence-corrected chi connectivity index (χ4v) is 0.923. The monoisotopic (exact) mass is 217 g/mol. The SMILES string of the molecule is Cc1ccc(C#C[C@@](C)(O)C(C)(C)C)cn1. The van der Waals surface area contributed by atoms with Crippen LogP contribution in [-0.2, 0) is 0 Å². The fraction of sp³-hybridized carbons (Fsp3) is 0.500. The first kappa shape index (κ1) is 12.7. The van der Waals surface area contributed by atoms with Crippen LogP contribution in [0.3, 0.4) is 0 Å². The molecular formula is C14H19NO. The minimum absolute atomic E-state index is 0.266. The van der Waals surface area contributed by atoms with E-state index in [-0.39, 0.29) is 5.41 Å². The van der Waals surface area contributed by atoms with Crippen LogP contribution in [0.5, 0.6) is 0 Å². The molecule has 1 aromatic rings. The van der Waals surface area contributed by atoms with Crippen molar-refractivity contribution >= 4 is 0 Å². The lowest BCUT2D eigenvalue weighted by Crippen LogP contribution is -2.38. The molecule has 0 unspecified atom stereocenters. The van der Waals surface area contributed by atoms with Gasteiger partial charge in [0.1, 0.15) is 5.60 Å². The van der Waals surface area contributed by atoms with Crippen LogP contribution >= 0.6 is 0 Å². The van der Waals surface area contributed by atoms with E-state index in [2.05, 4.69) is 16.8 Å². The number of pyridine rings is 1. The highest BCUT2D eigenvalue weighted by atomic mass is 16.3. The summed E-state index contributed by atoms with van der Waals surface area (Å²) in [6.07, 6.45) is 1.72. The van der Waals surface area contributed by atoms with Gasteiger partial charge in [0.25, 0.3) is 0 Å². The molecule has 1 N–H and O–H groups in total. The molecule has 2 heteroatoms. The maximum atomic E-state index is 10.2. The number of aliphatic hydroxyl groups is 1. The van der Waals surface area contributed by atoms with Gasteiger partial charge in [0.15, 0.2) is 0 Å². The Morgan fingerprint density at radius 1 is 1.19 bits per heavy atom. The van der Waals surface area contributed by atoms with Crippen LogP contribution in [0.15, 0.2) is 18.3 Å². The maximum Gasteiger partial charge on any atom is 0.127 e. The summed E-state index contributed by atoms with van der Waals surface area (Å²) in [4.78, 5) is 4.16. The summed E-state index contributed by atoms with van der Waals surface area (Å²) in [5, 5.41) is 10.2. The third-order valence-electron chi connectivity index (χ3n) is 2.82. The molecule has 16 heavy (non-hydrogen) atoms. The zero-order chi connectivity index (χ0) is 12.4. The lowest BCUT2D eigenvalue weighted by Gasteiger charge is -2.32. The van der Waals surface area contributed by atoms with Gasteiger partial charge in [-0.25, -0.2) is 0 Å². The molecule has 0 saturated heterocycles. The van der Waals surface area contributed by atoms with E-state index in [0.29, 0.717) is 0 Å². The van der Waals surface area contributed by atoms with Gasteiger partial charge in [-0.2, -0.15) is 0 Å². The zero-order valence-electron chi connectivity index (χ0n) is 10.6. The number of nitrogens with zero attached hydrogens (tertiary/aromatic N) is 1. The Hall–Kier alpha value is -1.33. The van der Waals surface area contributed by atoms with Crippen LogP contribution in [-0.4, -0.2) is 15.7 Å². The Labute approximate surface area is 97.7 Å². The molecule has 0 aliphatic rings. The van der Waals surface area contributed by atoms with Gasteiger partial charge in [-0.3, -0.25) is 4.98 Å². The van der Waals surface area contributed by atoms with Gasteiger partial charge < -0.3 is 5.11 Å². The molecule has 0 aliphatic carbocycles. The van der Waals surface area contributed by atoms with Gasteiger partial charge in [0.05, 0.1) is 0 Å². The van der Waals surface area contributed by atoms with Crippen LogP contribution in [0.25, 0.3) is 0 Å². The second kappa shape index (κ2) is 4.27. The average molecular weight is 217 g/mol. The summed E-state index contributed by atoms with van der Waals surface area (Å²) in [6.45, 7) is 9.57. The van der Waals surface area contributed by atoms with Crippen molar-refractivity contribution in [3.05, 3.63) is 29.6 Å². The second-order valence-corrected chi connectivity index (χ2v) is 5.26. The van der Waals surface area contributed by atoms with E-state index >= 15 is 0 Å². The number of rotatable bonds is 0. The Kier molecular flexibility index (Phi) is 3.40. The van der Waals surface area contributed by atoms with Gasteiger partial charge in [-0.15, -0.1) is 0 Å². The summed E-state index contributed by atoms with van der Waals surface area (Å²) < 4.78 is 0. The summed E-state index contributed by atoms with van der Waals surface area (Å²) in [7, 11) is 0. The lowest BCUT2D eigenvalue weighted by molar-refractivity contribution is 0.0129. The molecule has 0 fully saturated rings. The highest BCUT2D eigenvalue weighted by Gasteiger charge is 2.33. The Morgan fingerprint density at radius 2 is 1.81 bits per heavy atom.